The van der Waals surface area contributed by atoms with Crippen molar-refractivity contribution < 1.29 is 32.6 Å². The molecule has 1 amide bonds. The molecule has 1 N–H and O–H groups in total. The van der Waals surface area contributed by atoms with E-state index < -0.39 is 12.1 Å². The molecular weight excluding hydrogens is 435 g/mol. The first-order valence-electron chi connectivity index (χ1n) is 10.5. The van der Waals surface area contributed by atoms with Gasteiger partial charge in [-0.25, -0.2) is 9.78 Å². The molecule has 11 heteroatoms. The highest BCUT2D eigenvalue weighted by atomic mass is 32.1. The number of amides is 1. The van der Waals surface area contributed by atoms with Crippen LogP contribution in [-0.4, -0.2) is 76.3 Å². The van der Waals surface area contributed by atoms with Crippen LogP contribution in [0.3, 0.4) is 0 Å². The van der Waals surface area contributed by atoms with Gasteiger partial charge in [0.15, 0.2) is 0 Å². The second-order valence-corrected chi connectivity index (χ2v) is 9.26. The molecule has 3 aliphatic rings. The largest absolute Gasteiger partial charge is 0.490 e. The van der Waals surface area contributed by atoms with Crippen LogP contribution in [0.2, 0.25) is 0 Å². The van der Waals surface area contributed by atoms with Gasteiger partial charge < -0.3 is 14.7 Å². The van der Waals surface area contributed by atoms with E-state index in [2.05, 4.69) is 20.2 Å². The number of thiazole rings is 1. The molecule has 4 rings (SSSR count). The van der Waals surface area contributed by atoms with Crippen LogP contribution in [0.4, 0.5) is 13.2 Å². The molecule has 3 aliphatic heterocycles. The lowest BCUT2D eigenvalue weighted by Gasteiger charge is -2.40. The number of fused-ring (bicyclic) bond motifs is 1. The Balaban J connectivity index is 0.000000339. The molecule has 2 atom stereocenters. The van der Waals surface area contributed by atoms with Crippen LogP contribution < -0.4 is 0 Å². The summed E-state index contributed by atoms with van der Waals surface area (Å²) >= 11 is 1.67. The van der Waals surface area contributed by atoms with Crippen molar-refractivity contribution >= 4 is 23.2 Å². The zero-order valence-electron chi connectivity index (χ0n) is 17.4. The molecule has 0 aliphatic carbocycles. The fourth-order valence-electron chi connectivity index (χ4n) is 4.59. The van der Waals surface area contributed by atoms with Crippen molar-refractivity contribution in [2.45, 2.75) is 63.8 Å². The Morgan fingerprint density at radius 3 is 2.52 bits per heavy atom. The van der Waals surface area contributed by atoms with Gasteiger partial charge in [-0.05, 0) is 38.5 Å². The topological polar surface area (TPSA) is 83.0 Å². The van der Waals surface area contributed by atoms with Gasteiger partial charge in [0, 0.05) is 50.2 Å². The van der Waals surface area contributed by atoms with Crippen molar-refractivity contribution in [2.75, 3.05) is 26.3 Å². The number of piperidine rings is 1. The van der Waals surface area contributed by atoms with Gasteiger partial charge in [-0.15, -0.1) is 11.3 Å². The summed E-state index contributed by atoms with van der Waals surface area (Å²) in [5.41, 5.74) is 1.05. The quantitative estimate of drug-likeness (QED) is 0.739. The summed E-state index contributed by atoms with van der Waals surface area (Å²) in [7, 11) is 0. The number of nitrogens with zero attached hydrogens (tertiary/aromatic N) is 3. The van der Waals surface area contributed by atoms with Crippen molar-refractivity contribution in [1.29, 1.82) is 0 Å². The minimum atomic E-state index is -5.08. The molecule has 4 heterocycles. The van der Waals surface area contributed by atoms with E-state index in [0.29, 0.717) is 31.0 Å². The van der Waals surface area contributed by atoms with E-state index in [0.717, 1.165) is 49.2 Å². The third-order valence-electron chi connectivity index (χ3n) is 6.07. The fraction of sp³-hybridized carbons (Fsp3) is 0.750. The van der Waals surface area contributed by atoms with Crippen molar-refractivity contribution in [2.24, 2.45) is 5.92 Å². The smallest absolute Gasteiger partial charge is 0.475 e. The monoisotopic (exact) mass is 463 g/mol. The van der Waals surface area contributed by atoms with E-state index in [-0.39, 0.29) is 0 Å². The summed E-state index contributed by atoms with van der Waals surface area (Å²) in [5, 5.41) is 10.3. The highest BCUT2D eigenvalue weighted by Crippen LogP contribution is 2.34. The maximum atomic E-state index is 12.5. The van der Waals surface area contributed by atoms with Crippen LogP contribution in [-0.2, 0) is 20.9 Å². The molecule has 174 valence electrons. The molecule has 0 unspecified atom stereocenters. The number of aromatic nitrogens is 1. The van der Waals surface area contributed by atoms with E-state index in [4.69, 9.17) is 14.6 Å². The van der Waals surface area contributed by atoms with Gasteiger partial charge in [0.2, 0.25) is 5.91 Å². The number of hydrogen-bond acceptors (Lipinski definition) is 6. The maximum absolute atomic E-state index is 12.5. The number of ether oxygens (including phenoxy) is 1. The van der Waals surface area contributed by atoms with Crippen LogP contribution in [0.25, 0.3) is 0 Å². The van der Waals surface area contributed by atoms with Crippen LogP contribution in [0.5, 0.6) is 0 Å². The molecule has 0 bridgehead atoms. The lowest BCUT2D eigenvalue weighted by atomic mass is 9.94. The van der Waals surface area contributed by atoms with Crippen molar-refractivity contribution in [3.63, 3.8) is 0 Å². The number of aliphatic carboxylic acids is 1. The van der Waals surface area contributed by atoms with E-state index in [1.54, 1.807) is 11.3 Å². The highest BCUT2D eigenvalue weighted by Gasteiger charge is 2.43. The van der Waals surface area contributed by atoms with Crippen LogP contribution in [0.1, 0.15) is 42.8 Å². The standard InChI is InChI=1S/C18H27N3O2S.C2HF3O2/c1-13-19-15(12-24-13)11-21-17-4-7-20(16(17)2-3-18(21)22)10-14-5-8-23-9-6-14;3-2(4,5)1(6)7/h12,14,16-17H,2-11H2,1H3;(H,6,7)/t16-,17-;/m1./s1. The molecule has 1 aromatic heterocycles. The minimum absolute atomic E-state index is 0.315. The number of carboxylic acids is 1. The Hall–Kier alpha value is -1.72. The van der Waals surface area contributed by atoms with E-state index in [1.807, 2.05) is 6.92 Å². The van der Waals surface area contributed by atoms with Gasteiger partial charge in [-0.1, -0.05) is 0 Å². The van der Waals surface area contributed by atoms with E-state index in [1.165, 1.54) is 19.4 Å². The first-order chi connectivity index (χ1) is 14.6. The molecule has 0 saturated carbocycles. The Labute approximate surface area is 183 Å². The number of hydrogen-bond donors (Lipinski definition) is 1. The van der Waals surface area contributed by atoms with Gasteiger partial charge in [0.1, 0.15) is 0 Å². The molecular formula is C20H28F3N3O4S. The van der Waals surface area contributed by atoms with Gasteiger partial charge >= 0.3 is 12.1 Å². The Kier molecular flexibility index (Phi) is 7.92. The lowest BCUT2D eigenvalue weighted by Crippen LogP contribution is -2.52. The molecule has 1 aromatic rings. The van der Waals surface area contributed by atoms with Crippen LogP contribution in [0, 0.1) is 12.8 Å². The zero-order chi connectivity index (χ0) is 22.6. The number of likely N-dealkylation sites (tertiary alicyclic amines) is 2. The number of rotatable bonds is 4. The minimum Gasteiger partial charge on any atom is -0.475 e. The Bertz CT molecular complexity index is 767. The molecule has 0 radical (unpaired) electrons. The highest BCUT2D eigenvalue weighted by molar-refractivity contribution is 7.09. The maximum Gasteiger partial charge on any atom is 0.490 e. The van der Waals surface area contributed by atoms with Gasteiger partial charge in [-0.2, -0.15) is 13.2 Å². The number of carboxylic acid groups (broad SMARTS) is 1. The summed E-state index contributed by atoms with van der Waals surface area (Å²) in [6, 6.07) is 0.929. The average Bonchev–Trinajstić information content (AvgIpc) is 3.31. The second kappa shape index (κ2) is 10.3. The third kappa shape index (κ3) is 6.39. The van der Waals surface area contributed by atoms with Gasteiger partial charge in [-0.3, -0.25) is 9.69 Å². The van der Waals surface area contributed by atoms with Crippen molar-refractivity contribution in [3.8, 4) is 0 Å². The predicted octanol–water partition coefficient (Wildman–Crippen LogP) is 3.08. The third-order valence-corrected chi connectivity index (χ3v) is 6.90. The normalized spacial score (nSPS) is 25.2. The molecule has 7 nitrogen and oxygen atoms in total. The zero-order valence-corrected chi connectivity index (χ0v) is 18.3. The molecule has 0 aromatic carbocycles. The number of carbonyl (C=O) groups is 2. The predicted molar refractivity (Wildman–Crippen MR) is 108 cm³/mol. The Morgan fingerprint density at radius 1 is 1.26 bits per heavy atom. The summed E-state index contributed by atoms with van der Waals surface area (Å²) < 4.78 is 37.2. The first kappa shape index (κ1) is 23.9. The summed E-state index contributed by atoms with van der Waals surface area (Å²) in [4.78, 5) is 30.7. The SMILES string of the molecule is Cc1nc(CN2C(=O)CC[C@@H]3[C@H]2CCN3CC2CCOCC2)cs1.O=C(O)C(F)(F)F. The molecule has 3 saturated heterocycles. The van der Waals surface area contributed by atoms with Gasteiger partial charge in [0.05, 0.1) is 17.2 Å². The lowest BCUT2D eigenvalue weighted by molar-refractivity contribution is -0.192. The summed E-state index contributed by atoms with van der Waals surface area (Å²) in [6.07, 6.45) is 0.125. The first-order valence-corrected chi connectivity index (χ1v) is 11.4. The fourth-order valence-corrected chi connectivity index (χ4v) is 5.19. The molecule has 0 spiro atoms. The summed E-state index contributed by atoms with van der Waals surface area (Å²) in [5.74, 6) is -1.67. The van der Waals surface area contributed by atoms with Gasteiger partial charge in [0.25, 0.3) is 0 Å². The number of alkyl halides is 3. The van der Waals surface area contributed by atoms with Crippen LogP contribution in [0.15, 0.2) is 5.38 Å². The van der Waals surface area contributed by atoms with E-state index in [9.17, 15) is 18.0 Å². The number of carbonyl (C=O) groups excluding carboxylic acids is 1. The second-order valence-electron chi connectivity index (χ2n) is 8.20. The number of aryl methyl sites for hydroxylation is 1. The number of halogens is 3. The Morgan fingerprint density at radius 2 is 1.94 bits per heavy atom. The van der Waals surface area contributed by atoms with Crippen molar-refractivity contribution in [3.05, 3.63) is 16.1 Å². The molecule has 31 heavy (non-hydrogen) atoms. The van der Waals surface area contributed by atoms with Crippen molar-refractivity contribution in [1.82, 2.24) is 14.8 Å². The molecule has 3 fully saturated rings. The average molecular weight is 464 g/mol. The van der Waals surface area contributed by atoms with E-state index >= 15 is 0 Å². The van der Waals surface area contributed by atoms with Crippen LogP contribution >= 0.6 is 11.3 Å². The summed E-state index contributed by atoms with van der Waals surface area (Å²) in [6.45, 7) is 6.87.